The van der Waals surface area contributed by atoms with Crippen molar-refractivity contribution in [1.29, 1.82) is 10.5 Å². The molecule has 0 unspecified atom stereocenters. The predicted octanol–water partition coefficient (Wildman–Crippen LogP) is 12.4. The average molecular weight is 700 g/mol. The first-order valence-corrected chi connectivity index (χ1v) is 18.3. The van der Waals surface area contributed by atoms with Gasteiger partial charge in [-0.05, 0) is 66.7 Å². The van der Waals surface area contributed by atoms with Crippen LogP contribution in [0, 0.1) is 22.7 Å². The van der Waals surface area contributed by atoms with Crippen LogP contribution in [0.4, 0.5) is 0 Å². The summed E-state index contributed by atoms with van der Waals surface area (Å²) >= 11 is 0. The Morgan fingerprint density at radius 1 is 0.327 bits per heavy atom. The lowest BCUT2D eigenvalue weighted by Crippen LogP contribution is -2.00. The number of para-hydroxylation sites is 6. The molecule has 254 valence electrons. The smallest absolute Gasteiger partial charge is 0.101 e. The van der Waals surface area contributed by atoms with Crippen molar-refractivity contribution in [3.8, 4) is 40.3 Å². The van der Waals surface area contributed by atoms with Gasteiger partial charge in [-0.1, -0.05) is 109 Å². The van der Waals surface area contributed by atoms with Crippen molar-refractivity contribution < 1.29 is 0 Å². The summed E-state index contributed by atoms with van der Waals surface area (Å²) in [6.07, 6.45) is 0. The lowest BCUT2D eigenvalue weighted by molar-refractivity contribution is 1.16. The van der Waals surface area contributed by atoms with E-state index >= 15 is 0 Å². The van der Waals surface area contributed by atoms with Crippen molar-refractivity contribution in [3.63, 3.8) is 0 Å². The van der Waals surface area contributed by atoms with Crippen molar-refractivity contribution in [3.05, 3.63) is 187 Å². The van der Waals surface area contributed by atoms with Gasteiger partial charge in [0.1, 0.15) is 6.07 Å². The number of hydrogen-bond acceptors (Lipinski definition) is 2. The first kappa shape index (κ1) is 30.7. The standard InChI is InChI=1S/C50H29N5/c51-30-32-12-11-18-42-40-16-4-8-21-46(40)54(50(32)42)34-24-26-36(33(28-34)31-52)37-13-1-9-22-47(37)55-48-23-10-5-17-41(48)43-29-35(25-27-49(43)55)53-44-19-6-2-14-38(44)39-15-3-7-20-45(39)53/h1-29H. The molecule has 11 aromatic rings. The van der Waals surface area contributed by atoms with Crippen LogP contribution in [0.5, 0.6) is 0 Å². The number of benzene rings is 8. The maximum Gasteiger partial charge on any atom is 0.101 e. The van der Waals surface area contributed by atoms with Crippen LogP contribution in [0.25, 0.3) is 93.6 Å². The molecule has 0 spiro atoms. The number of aromatic nitrogens is 3. The van der Waals surface area contributed by atoms with Crippen LogP contribution < -0.4 is 0 Å². The van der Waals surface area contributed by atoms with Crippen LogP contribution in [0.1, 0.15) is 11.1 Å². The molecule has 0 saturated heterocycles. The fourth-order valence-corrected chi connectivity index (χ4v) is 8.83. The summed E-state index contributed by atoms with van der Waals surface area (Å²) < 4.78 is 6.81. The van der Waals surface area contributed by atoms with E-state index in [1.807, 2.05) is 36.4 Å². The van der Waals surface area contributed by atoms with E-state index in [4.69, 9.17) is 0 Å². The Hall–Kier alpha value is -7.86. The Morgan fingerprint density at radius 2 is 0.818 bits per heavy atom. The van der Waals surface area contributed by atoms with Crippen LogP contribution in [0.3, 0.4) is 0 Å². The highest BCUT2D eigenvalue weighted by atomic mass is 15.0. The van der Waals surface area contributed by atoms with Crippen molar-refractivity contribution in [1.82, 2.24) is 13.7 Å². The second-order valence-corrected chi connectivity index (χ2v) is 13.9. The molecule has 0 saturated carbocycles. The zero-order chi connectivity index (χ0) is 36.6. The molecule has 0 aliphatic heterocycles. The molecule has 0 atom stereocenters. The Labute approximate surface area is 316 Å². The van der Waals surface area contributed by atoms with Crippen LogP contribution in [-0.4, -0.2) is 13.7 Å². The fraction of sp³-hybridized carbons (Fsp3) is 0. The molecule has 5 heteroatoms. The molecule has 0 amide bonds. The molecule has 0 aliphatic rings. The first-order chi connectivity index (χ1) is 27.2. The van der Waals surface area contributed by atoms with E-state index in [-0.39, 0.29) is 0 Å². The SMILES string of the molecule is N#Cc1cc(-n2c3ccccc3c3cccc(C#N)c32)ccc1-c1ccccc1-n1c2ccccc2c2cc(-n3c4ccccc4c4ccccc43)ccc21. The van der Waals surface area contributed by atoms with E-state index in [9.17, 15) is 10.5 Å². The predicted molar refractivity (Wildman–Crippen MR) is 224 cm³/mol. The van der Waals surface area contributed by atoms with Crippen LogP contribution in [-0.2, 0) is 0 Å². The summed E-state index contributed by atoms with van der Waals surface area (Å²) in [5.41, 5.74) is 12.2. The number of rotatable bonds is 4. The van der Waals surface area contributed by atoms with E-state index < -0.39 is 0 Å². The summed E-state index contributed by atoms with van der Waals surface area (Å²) in [5, 5.41) is 27.7. The summed E-state index contributed by atoms with van der Waals surface area (Å²) in [6, 6.07) is 65.9. The van der Waals surface area contributed by atoms with Crippen molar-refractivity contribution in [2.75, 3.05) is 0 Å². The quantitative estimate of drug-likeness (QED) is 0.184. The third kappa shape index (κ3) is 4.39. The second-order valence-electron chi connectivity index (χ2n) is 13.9. The average Bonchev–Trinajstić information content (AvgIpc) is 3.89. The molecular formula is C50H29N5. The molecule has 5 nitrogen and oxygen atoms in total. The normalized spacial score (nSPS) is 11.6. The number of nitriles is 2. The molecule has 8 aromatic carbocycles. The summed E-state index contributed by atoms with van der Waals surface area (Å²) in [4.78, 5) is 0. The molecule has 55 heavy (non-hydrogen) atoms. The molecule has 0 bridgehead atoms. The molecule has 3 heterocycles. The zero-order valence-corrected chi connectivity index (χ0v) is 29.5. The minimum atomic E-state index is 0.555. The van der Waals surface area contributed by atoms with Gasteiger partial charge in [0.05, 0.1) is 56.0 Å². The van der Waals surface area contributed by atoms with Gasteiger partial charge in [-0.2, -0.15) is 10.5 Å². The summed E-state index contributed by atoms with van der Waals surface area (Å²) in [5.74, 6) is 0. The van der Waals surface area contributed by atoms with Crippen molar-refractivity contribution >= 4 is 65.4 Å². The monoisotopic (exact) mass is 699 g/mol. The Bertz CT molecular complexity index is 3420. The topological polar surface area (TPSA) is 62.4 Å². The maximum atomic E-state index is 10.7. The van der Waals surface area contributed by atoms with Gasteiger partial charge in [0.25, 0.3) is 0 Å². The number of hydrogen-bond donors (Lipinski definition) is 0. The van der Waals surface area contributed by atoms with Crippen LogP contribution in [0.2, 0.25) is 0 Å². The van der Waals surface area contributed by atoms with Gasteiger partial charge < -0.3 is 13.7 Å². The largest absolute Gasteiger partial charge is 0.309 e. The minimum Gasteiger partial charge on any atom is -0.309 e. The van der Waals surface area contributed by atoms with Gasteiger partial charge in [-0.25, -0.2) is 0 Å². The number of nitrogens with zero attached hydrogens (tertiary/aromatic N) is 5. The lowest BCUT2D eigenvalue weighted by atomic mass is 9.97. The maximum absolute atomic E-state index is 10.7. The van der Waals surface area contributed by atoms with Gasteiger partial charge >= 0.3 is 0 Å². The van der Waals surface area contributed by atoms with Gasteiger partial charge in [0.2, 0.25) is 0 Å². The van der Waals surface area contributed by atoms with Crippen molar-refractivity contribution in [2.24, 2.45) is 0 Å². The van der Waals surface area contributed by atoms with Gasteiger partial charge in [-0.15, -0.1) is 0 Å². The second kappa shape index (κ2) is 11.8. The van der Waals surface area contributed by atoms with Gasteiger partial charge in [-0.3, -0.25) is 0 Å². The lowest BCUT2D eigenvalue weighted by Gasteiger charge is -2.16. The molecule has 0 radical (unpaired) electrons. The highest BCUT2D eigenvalue weighted by Crippen LogP contribution is 2.41. The van der Waals surface area contributed by atoms with Gasteiger partial charge in [0.15, 0.2) is 0 Å². The number of fused-ring (bicyclic) bond motifs is 9. The summed E-state index contributed by atoms with van der Waals surface area (Å²) in [6.45, 7) is 0. The molecule has 0 N–H and O–H groups in total. The van der Waals surface area contributed by atoms with Gasteiger partial charge in [0, 0.05) is 54.8 Å². The molecule has 3 aromatic heterocycles. The first-order valence-electron chi connectivity index (χ1n) is 18.3. The van der Waals surface area contributed by atoms with E-state index in [1.165, 1.54) is 21.8 Å². The third-order valence-electron chi connectivity index (χ3n) is 11.1. The highest BCUT2D eigenvalue weighted by Gasteiger charge is 2.21. The molecular weight excluding hydrogens is 671 g/mol. The van der Waals surface area contributed by atoms with E-state index in [0.29, 0.717) is 11.1 Å². The third-order valence-corrected chi connectivity index (χ3v) is 11.1. The molecule has 0 aliphatic carbocycles. The van der Waals surface area contributed by atoms with Crippen LogP contribution >= 0.6 is 0 Å². The van der Waals surface area contributed by atoms with E-state index in [1.54, 1.807) is 0 Å². The highest BCUT2D eigenvalue weighted by molar-refractivity contribution is 6.13. The fourth-order valence-electron chi connectivity index (χ4n) is 8.83. The molecule has 11 rings (SSSR count). The summed E-state index contributed by atoms with van der Waals surface area (Å²) in [7, 11) is 0. The Kier molecular flexibility index (Phi) is 6.61. The van der Waals surface area contributed by atoms with E-state index in [2.05, 4.69) is 165 Å². The van der Waals surface area contributed by atoms with Crippen molar-refractivity contribution in [2.45, 2.75) is 0 Å². The zero-order valence-electron chi connectivity index (χ0n) is 29.5. The van der Waals surface area contributed by atoms with E-state index in [0.717, 1.165) is 71.8 Å². The molecule has 0 fully saturated rings. The minimum absolute atomic E-state index is 0.555. The Balaban J connectivity index is 1.12. The Morgan fingerprint density at radius 3 is 1.49 bits per heavy atom. The van der Waals surface area contributed by atoms with Crippen LogP contribution in [0.15, 0.2) is 176 Å².